The Balaban J connectivity index is 0.987. The monoisotopic (exact) mass is 1080 g/mol. The zero-order chi connectivity index (χ0) is 56.4. The summed E-state index contributed by atoms with van der Waals surface area (Å²) in [6, 6.07) is 42.1. The van der Waals surface area contributed by atoms with Gasteiger partial charge in [-0.2, -0.15) is 29.0 Å². The molecular weight excluding hydrogens is 1020 g/mol. The Morgan fingerprint density at radius 2 is 1.40 bits per heavy atom. The third-order valence-electron chi connectivity index (χ3n) is 18.0. The molecule has 4 saturated carbocycles. The van der Waals surface area contributed by atoms with Crippen LogP contribution in [0.4, 0.5) is 24.5 Å². The minimum absolute atomic E-state index is 0.155. The summed E-state index contributed by atoms with van der Waals surface area (Å²) in [5.41, 5.74) is 5.43. The summed E-state index contributed by atoms with van der Waals surface area (Å²) in [5, 5.41) is 30.5. The van der Waals surface area contributed by atoms with E-state index < -0.39 is 34.3 Å². The van der Waals surface area contributed by atoms with E-state index in [1.54, 1.807) is 42.1 Å². The molecule has 10 heteroatoms. The molecule has 0 saturated heterocycles. The highest BCUT2D eigenvalue weighted by Crippen LogP contribution is 2.63. The number of allylic oxidation sites excluding steroid dienone is 7. The molecule has 7 aliphatic rings. The Bertz CT molecular complexity index is 3550. The van der Waals surface area contributed by atoms with Crippen LogP contribution < -0.4 is 9.64 Å². The standard InChI is InChI=1S/C70H67F3N4O2S/c1-44-29-62-58(45(2)35-67(5,6)77(62)56-27-28-63(78-7)61(34-56)68-36-46-30-47(37-68)32-48(31-46)38-68)33-51(44)21-22-53-40-66(3,4)39-52(65(53)80-57-18-12-9-13-19-57)17-14-20-60-59(43-76)64(54(41-74)42-75)79-69(60,70(71,72)73)55-25-23-50(24-26-55)49-15-10-8-11-16-49/h8-29,33-34,45-48H,30-32,35-40H2,1-7H3. The number of rotatable bonds is 11. The number of alkyl halides is 3. The molecule has 2 atom stereocenters. The molecule has 0 radical (unpaired) electrons. The average molecular weight is 1090 g/mol. The van der Waals surface area contributed by atoms with Crippen molar-refractivity contribution in [3.8, 4) is 35.1 Å². The number of benzene rings is 5. The first-order chi connectivity index (χ1) is 38.3. The summed E-state index contributed by atoms with van der Waals surface area (Å²) >= 11 is 1.62. The van der Waals surface area contributed by atoms with E-state index in [4.69, 9.17) is 9.47 Å². The smallest absolute Gasteiger partial charge is 0.437 e. The number of aryl methyl sites for hydroxylation is 1. The molecule has 80 heavy (non-hydrogen) atoms. The zero-order valence-electron chi connectivity index (χ0n) is 46.7. The molecule has 5 aliphatic carbocycles. The van der Waals surface area contributed by atoms with Crippen molar-refractivity contribution in [2.24, 2.45) is 23.2 Å². The van der Waals surface area contributed by atoms with Gasteiger partial charge in [0.1, 0.15) is 29.5 Å². The lowest BCUT2D eigenvalue weighted by Gasteiger charge is -2.57. The van der Waals surface area contributed by atoms with Crippen LogP contribution in [0, 0.1) is 64.1 Å². The lowest BCUT2D eigenvalue weighted by atomic mass is 9.48. The van der Waals surface area contributed by atoms with Crippen LogP contribution in [0.3, 0.4) is 0 Å². The molecule has 5 aromatic carbocycles. The quantitative estimate of drug-likeness (QED) is 0.122. The van der Waals surface area contributed by atoms with Gasteiger partial charge in [-0.3, -0.25) is 0 Å². The third-order valence-corrected chi connectivity index (χ3v) is 19.3. The molecule has 406 valence electrons. The van der Waals surface area contributed by atoms with Crippen molar-refractivity contribution in [2.75, 3.05) is 12.0 Å². The van der Waals surface area contributed by atoms with Crippen molar-refractivity contribution < 1.29 is 22.6 Å². The van der Waals surface area contributed by atoms with E-state index in [-0.39, 0.29) is 21.9 Å². The summed E-state index contributed by atoms with van der Waals surface area (Å²) in [4.78, 5) is 4.60. The molecule has 4 fully saturated rings. The van der Waals surface area contributed by atoms with Crippen LogP contribution in [0.15, 0.2) is 183 Å². The van der Waals surface area contributed by atoms with Crippen molar-refractivity contribution in [3.63, 3.8) is 0 Å². The van der Waals surface area contributed by atoms with Crippen LogP contribution in [0.1, 0.15) is 126 Å². The maximum absolute atomic E-state index is 16.1. The van der Waals surface area contributed by atoms with Gasteiger partial charge in [-0.25, -0.2) is 0 Å². The largest absolute Gasteiger partial charge is 0.496 e. The average Bonchev–Trinajstić information content (AvgIpc) is 3.94. The van der Waals surface area contributed by atoms with E-state index in [0.29, 0.717) is 17.9 Å². The van der Waals surface area contributed by atoms with E-state index >= 15 is 13.2 Å². The number of nitriles is 3. The molecule has 0 N–H and O–H groups in total. The maximum Gasteiger partial charge on any atom is 0.437 e. The number of hydrogen-bond donors (Lipinski definition) is 0. The van der Waals surface area contributed by atoms with Gasteiger partial charge in [0.15, 0.2) is 11.3 Å². The van der Waals surface area contributed by atoms with Gasteiger partial charge in [0.25, 0.3) is 5.60 Å². The number of hydrogen-bond acceptors (Lipinski definition) is 7. The van der Waals surface area contributed by atoms with E-state index in [9.17, 15) is 15.8 Å². The Labute approximate surface area is 474 Å². The lowest BCUT2D eigenvalue weighted by Crippen LogP contribution is -2.49. The molecule has 2 heterocycles. The summed E-state index contributed by atoms with van der Waals surface area (Å²) < 4.78 is 60.3. The molecule has 2 aliphatic heterocycles. The number of thioether (sulfide) groups is 1. The molecule has 2 unspecified atom stereocenters. The Morgan fingerprint density at radius 1 is 0.762 bits per heavy atom. The van der Waals surface area contributed by atoms with Gasteiger partial charge in [-0.1, -0.05) is 136 Å². The number of halogens is 3. The Hall–Kier alpha value is -7.45. The summed E-state index contributed by atoms with van der Waals surface area (Å²) in [6.45, 7) is 13.7. The summed E-state index contributed by atoms with van der Waals surface area (Å²) in [7, 11) is 1.83. The third kappa shape index (κ3) is 9.81. The maximum atomic E-state index is 16.1. The van der Waals surface area contributed by atoms with E-state index in [0.717, 1.165) is 74.0 Å². The summed E-state index contributed by atoms with van der Waals surface area (Å²) in [5.74, 6) is 3.06. The van der Waals surface area contributed by atoms with Gasteiger partial charge in [0.05, 0.1) is 7.11 Å². The molecular formula is C70H67F3N4O2S. The normalized spacial score (nSPS) is 26.1. The number of methoxy groups -OCH3 is 1. The molecule has 4 bridgehead atoms. The van der Waals surface area contributed by atoms with Crippen LogP contribution >= 0.6 is 11.8 Å². The second kappa shape index (κ2) is 20.9. The zero-order valence-corrected chi connectivity index (χ0v) is 47.5. The molecule has 0 amide bonds. The van der Waals surface area contributed by atoms with E-state index in [1.807, 2.05) is 67.8 Å². The Kier molecular flexibility index (Phi) is 14.2. The fourth-order valence-electron chi connectivity index (χ4n) is 15.2. The van der Waals surface area contributed by atoms with Crippen molar-refractivity contribution in [1.82, 2.24) is 0 Å². The van der Waals surface area contributed by atoms with Gasteiger partial charge in [-0.05, 0) is 194 Å². The fraction of sp³-hybridized carbons (Fsp3) is 0.357. The van der Waals surface area contributed by atoms with Crippen LogP contribution in [-0.2, 0) is 15.8 Å². The first-order valence-electron chi connectivity index (χ1n) is 28.1. The first-order valence-corrected chi connectivity index (χ1v) is 28.9. The van der Waals surface area contributed by atoms with Gasteiger partial charge >= 0.3 is 6.18 Å². The topological polar surface area (TPSA) is 93.1 Å². The van der Waals surface area contributed by atoms with E-state index in [1.165, 1.54) is 79.2 Å². The van der Waals surface area contributed by atoms with Crippen molar-refractivity contribution >= 4 is 29.2 Å². The van der Waals surface area contributed by atoms with Crippen molar-refractivity contribution in [3.05, 3.63) is 206 Å². The number of nitrogens with zero attached hydrogens (tertiary/aromatic N) is 4. The number of ether oxygens (including phenoxy) is 2. The van der Waals surface area contributed by atoms with E-state index in [2.05, 4.69) is 101 Å². The predicted octanol–water partition coefficient (Wildman–Crippen LogP) is 18.5. The number of anilines is 2. The summed E-state index contributed by atoms with van der Waals surface area (Å²) in [6.07, 6.45) is 14.3. The highest BCUT2D eigenvalue weighted by Gasteiger charge is 2.65. The second-order valence-corrected chi connectivity index (χ2v) is 25.9. The highest BCUT2D eigenvalue weighted by atomic mass is 32.2. The molecule has 0 aromatic heterocycles. The molecule has 5 aromatic rings. The van der Waals surface area contributed by atoms with Crippen LogP contribution in [0.5, 0.6) is 5.75 Å². The van der Waals surface area contributed by atoms with Crippen LogP contribution in [0.25, 0.3) is 17.2 Å². The van der Waals surface area contributed by atoms with Crippen molar-refractivity contribution in [1.29, 1.82) is 15.8 Å². The van der Waals surface area contributed by atoms with Gasteiger partial charge in [-0.15, -0.1) is 0 Å². The fourth-order valence-corrected chi connectivity index (χ4v) is 16.2. The Morgan fingerprint density at radius 3 is 2.01 bits per heavy atom. The molecule has 6 nitrogen and oxygen atoms in total. The molecule has 0 spiro atoms. The number of fused-ring (bicyclic) bond motifs is 1. The minimum Gasteiger partial charge on any atom is -0.496 e. The highest BCUT2D eigenvalue weighted by molar-refractivity contribution is 8.03. The van der Waals surface area contributed by atoms with Gasteiger partial charge < -0.3 is 14.4 Å². The molecule has 12 rings (SSSR count). The first kappa shape index (κ1) is 54.5. The lowest BCUT2D eigenvalue weighted by molar-refractivity contribution is -0.249. The van der Waals surface area contributed by atoms with Gasteiger partial charge in [0.2, 0.25) is 0 Å². The van der Waals surface area contributed by atoms with Gasteiger partial charge in [0, 0.05) is 43.4 Å². The van der Waals surface area contributed by atoms with Crippen LogP contribution in [0.2, 0.25) is 0 Å². The SMILES string of the molecule is COc1ccc(N2c3cc(C)c(C=CC4=C(Sc5ccccc5)C(=CC=CC5=C(C#N)C(=C(C#N)C#N)OC5(c5ccc(-c6ccccc6)cc5)C(F)(F)F)CC(C)(C)C4)cc3C(C)CC2(C)C)cc1C12CC3CC(CC(C3)C1)C2. The second-order valence-electron chi connectivity index (χ2n) is 24.8. The minimum atomic E-state index is -5.14. The van der Waals surface area contributed by atoms with Crippen LogP contribution in [-0.4, -0.2) is 18.8 Å². The predicted molar refractivity (Wildman–Crippen MR) is 313 cm³/mol. The van der Waals surface area contributed by atoms with Crippen molar-refractivity contribution in [2.45, 2.75) is 133 Å².